The molecule has 22 heavy (non-hydrogen) atoms. The highest BCUT2D eigenvalue weighted by molar-refractivity contribution is 5.99. The molecule has 0 bridgehead atoms. The van der Waals surface area contributed by atoms with E-state index in [1.54, 1.807) is 7.11 Å². The number of ketones is 1. The zero-order valence-corrected chi connectivity index (χ0v) is 13.2. The Kier molecular flexibility index (Phi) is 3.88. The number of Topliss-reactive ketones (excluding diaryl/α,β-unsaturated/α-hetero) is 1. The van der Waals surface area contributed by atoms with Gasteiger partial charge in [0.05, 0.1) is 19.3 Å². The number of hydrogen-bond donors (Lipinski definition) is 0. The van der Waals surface area contributed by atoms with E-state index in [0.29, 0.717) is 24.3 Å². The Morgan fingerprint density at radius 2 is 1.86 bits per heavy atom. The molecule has 0 amide bonds. The van der Waals surface area contributed by atoms with Crippen LogP contribution < -0.4 is 9.47 Å². The lowest BCUT2D eigenvalue weighted by molar-refractivity contribution is 0.0983. The van der Waals surface area contributed by atoms with Crippen LogP contribution >= 0.6 is 0 Å². The summed E-state index contributed by atoms with van der Waals surface area (Å²) in [4.78, 5) is 12.1. The van der Waals surface area contributed by atoms with E-state index in [-0.39, 0.29) is 5.78 Å². The van der Waals surface area contributed by atoms with Crippen LogP contribution in [0.15, 0.2) is 30.3 Å². The minimum atomic E-state index is 0.168. The SMILES string of the molecule is COc1cc(C)c(-c2ccc3c(c2)OCCCC3=O)cc1C. The van der Waals surface area contributed by atoms with Crippen molar-refractivity contribution < 1.29 is 14.3 Å². The minimum Gasteiger partial charge on any atom is -0.496 e. The molecule has 2 aromatic rings. The van der Waals surface area contributed by atoms with E-state index >= 15 is 0 Å². The molecular formula is C19H20O3. The second-order valence-corrected chi connectivity index (χ2v) is 5.72. The van der Waals surface area contributed by atoms with Crippen molar-refractivity contribution in [2.75, 3.05) is 13.7 Å². The summed E-state index contributed by atoms with van der Waals surface area (Å²) in [5, 5.41) is 0. The largest absolute Gasteiger partial charge is 0.496 e. The Morgan fingerprint density at radius 1 is 1.05 bits per heavy atom. The van der Waals surface area contributed by atoms with E-state index in [9.17, 15) is 4.79 Å². The topological polar surface area (TPSA) is 35.5 Å². The van der Waals surface area contributed by atoms with Crippen LogP contribution in [-0.4, -0.2) is 19.5 Å². The quantitative estimate of drug-likeness (QED) is 0.827. The third-order valence-electron chi connectivity index (χ3n) is 4.14. The molecule has 0 spiro atoms. The molecule has 3 rings (SSSR count). The molecule has 3 nitrogen and oxygen atoms in total. The monoisotopic (exact) mass is 296 g/mol. The Bertz CT molecular complexity index is 732. The molecule has 1 heterocycles. The molecule has 0 radical (unpaired) electrons. The third-order valence-corrected chi connectivity index (χ3v) is 4.14. The van der Waals surface area contributed by atoms with Crippen molar-refractivity contribution in [1.29, 1.82) is 0 Å². The molecule has 0 saturated carbocycles. The molecule has 1 aliphatic rings. The number of ether oxygens (including phenoxy) is 2. The van der Waals surface area contributed by atoms with Crippen LogP contribution in [0.25, 0.3) is 11.1 Å². The number of carbonyl (C=O) groups excluding carboxylic acids is 1. The van der Waals surface area contributed by atoms with Gasteiger partial charge in [-0.25, -0.2) is 0 Å². The second kappa shape index (κ2) is 5.84. The van der Waals surface area contributed by atoms with E-state index in [4.69, 9.17) is 9.47 Å². The van der Waals surface area contributed by atoms with Crippen molar-refractivity contribution in [2.45, 2.75) is 26.7 Å². The molecule has 0 N–H and O–H groups in total. The van der Waals surface area contributed by atoms with Crippen molar-refractivity contribution in [3.8, 4) is 22.6 Å². The van der Waals surface area contributed by atoms with E-state index < -0.39 is 0 Å². The van der Waals surface area contributed by atoms with Gasteiger partial charge < -0.3 is 9.47 Å². The van der Waals surface area contributed by atoms with Gasteiger partial charge in [0.25, 0.3) is 0 Å². The normalized spacial score (nSPS) is 14.0. The van der Waals surface area contributed by atoms with Gasteiger partial charge in [0.1, 0.15) is 11.5 Å². The van der Waals surface area contributed by atoms with E-state index in [1.807, 2.05) is 31.2 Å². The number of fused-ring (bicyclic) bond motifs is 1. The highest BCUT2D eigenvalue weighted by Gasteiger charge is 2.18. The van der Waals surface area contributed by atoms with Crippen LogP contribution in [0.5, 0.6) is 11.5 Å². The van der Waals surface area contributed by atoms with Crippen molar-refractivity contribution in [2.24, 2.45) is 0 Å². The maximum atomic E-state index is 12.1. The lowest BCUT2D eigenvalue weighted by Gasteiger charge is -2.13. The summed E-state index contributed by atoms with van der Waals surface area (Å²) in [6.45, 7) is 4.70. The first-order valence-corrected chi connectivity index (χ1v) is 7.56. The molecular weight excluding hydrogens is 276 g/mol. The van der Waals surface area contributed by atoms with Crippen molar-refractivity contribution in [3.63, 3.8) is 0 Å². The summed E-state index contributed by atoms with van der Waals surface area (Å²) in [6, 6.07) is 10.0. The van der Waals surface area contributed by atoms with Gasteiger partial charge in [0.2, 0.25) is 0 Å². The van der Waals surface area contributed by atoms with Gasteiger partial charge in [-0.3, -0.25) is 4.79 Å². The summed E-state index contributed by atoms with van der Waals surface area (Å²) in [6.07, 6.45) is 1.34. The first kappa shape index (κ1) is 14.6. The lowest BCUT2D eigenvalue weighted by Crippen LogP contribution is -1.98. The van der Waals surface area contributed by atoms with E-state index in [0.717, 1.165) is 34.4 Å². The van der Waals surface area contributed by atoms with Gasteiger partial charge in [0.15, 0.2) is 5.78 Å². The first-order valence-electron chi connectivity index (χ1n) is 7.56. The van der Waals surface area contributed by atoms with Crippen LogP contribution in [0, 0.1) is 13.8 Å². The van der Waals surface area contributed by atoms with Gasteiger partial charge >= 0.3 is 0 Å². The fraction of sp³-hybridized carbons (Fsp3) is 0.316. The maximum Gasteiger partial charge on any atom is 0.166 e. The molecule has 2 aromatic carbocycles. The fourth-order valence-corrected chi connectivity index (χ4v) is 2.91. The molecule has 0 saturated heterocycles. The summed E-state index contributed by atoms with van der Waals surface area (Å²) < 4.78 is 11.1. The van der Waals surface area contributed by atoms with Crippen LogP contribution in [-0.2, 0) is 0 Å². The number of hydrogen-bond acceptors (Lipinski definition) is 3. The number of rotatable bonds is 2. The average molecular weight is 296 g/mol. The number of methoxy groups -OCH3 is 1. The number of benzene rings is 2. The minimum absolute atomic E-state index is 0.168. The zero-order chi connectivity index (χ0) is 15.7. The van der Waals surface area contributed by atoms with Gasteiger partial charge in [-0.2, -0.15) is 0 Å². The lowest BCUT2D eigenvalue weighted by atomic mass is 9.95. The summed E-state index contributed by atoms with van der Waals surface area (Å²) in [5.74, 6) is 1.76. The molecule has 0 aliphatic carbocycles. The first-order chi connectivity index (χ1) is 10.6. The third kappa shape index (κ3) is 2.59. The van der Waals surface area contributed by atoms with Gasteiger partial charge in [-0.15, -0.1) is 0 Å². The summed E-state index contributed by atoms with van der Waals surface area (Å²) in [7, 11) is 1.68. The molecule has 114 valence electrons. The van der Waals surface area contributed by atoms with Crippen molar-refractivity contribution in [1.82, 2.24) is 0 Å². The zero-order valence-electron chi connectivity index (χ0n) is 13.2. The van der Waals surface area contributed by atoms with Gasteiger partial charge in [0, 0.05) is 6.42 Å². The van der Waals surface area contributed by atoms with Crippen LogP contribution in [0.1, 0.15) is 34.3 Å². The Morgan fingerprint density at radius 3 is 2.64 bits per heavy atom. The molecule has 0 aromatic heterocycles. The number of aryl methyl sites for hydroxylation is 2. The fourth-order valence-electron chi connectivity index (χ4n) is 2.91. The standard InChI is InChI=1S/C19H20O3/c1-12-10-18(21-3)13(2)9-16(12)14-6-7-15-17(20)5-4-8-22-19(15)11-14/h6-7,9-11H,4-5,8H2,1-3H3. The van der Waals surface area contributed by atoms with Crippen LogP contribution in [0.3, 0.4) is 0 Å². The van der Waals surface area contributed by atoms with E-state index in [1.165, 1.54) is 0 Å². The van der Waals surface area contributed by atoms with Crippen LogP contribution in [0.2, 0.25) is 0 Å². The van der Waals surface area contributed by atoms with E-state index in [2.05, 4.69) is 13.0 Å². The average Bonchev–Trinajstić information content (AvgIpc) is 2.70. The molecule has 3 heteroatoms. The maximum absolute atomic E-state index is 12.1. The predicted molar refractivity (Wildman–Crippen MR) is 87.0 cm³/mol. The smallest absolute Gasteiger partial charge is 0.166 e. The Balaban J connectivity index is 2.08. The van der Waals surface area contributed by atoms with Gasteiger partial charge in [-0.1, -0.05) is 6.07 Å². The molecule has 0 atom stereocenters. The second-order valence-electron chi connectivity index (χ2n) is 5.72. The summed E-state index contributed by atoms with van der Waals surface area (Å²) >= 11 is 0. The Labute approximate surface area is 130 Å². The van der Waals surface area contributed by atoms with Crippen molar-refractivity contribution in [3.05, 3.63) is 47.0 Å². The molecule has 1 aliphatic heterocycles. The number of carbonyl (C=O) groups is 1. The highest BCUT2D eigenvalue weighted by Crippen LogP contribution is 2.34. The molecule has 0 unspecified atom stereocenters. The van der Waals surface area contributed by atoms with Gasteiger partial charge in [-0.05, 0) is 66.8 Å². The predicted octanol–water partition coefficient (Wildman–Crippen LogP) is 4.33. The van der Waals surface area contributed by atoms with Crippen LogP contribution in [0.4, 0.5) is 0 Å². The Hall–Kier alpha value is -2.29. The highest BCUT2D eigenvalue weighted by atomic mass is 16.5. The molecule has 0 fully saturated rings. The van der Waals surface area contributed by atoms with Crippen molar-refractivity contribution >= 4 is 5.78 Å². The summed E-state index contributed by atoms with van der Waals surface area (Å²) in [5.41, 5.74) is 5.14.